The maximum atomic E-state index is 12.3. The molecule has 0 unspecified atom stereocenters. The van der Waals surface area contributed by atoms with Crippen LogP contribution in [0, 0.1) is 13.8 Å². The molecule has 1 fully saturated rings. The molecule has 1 aliphatic rings. The Morgan fingerprint density at radius 2 is 2.11 bits per heavy atom. The Kier molecular flexibility index (Phi) is 4.84. The van der Waals surface area contributed by atoms with Crippen LogP contribution in [0.3, 0.4) is 0 Å². The van der Waals surface area contributed by atoms with Crippen molar-refractivity contribution in [2.75, 3.05) is 31.1 Å². The minimum absolute atomic E-state index is 0.263. The van der Waals surface area contributed by atoms with Crippen molar-refractivity contribution in [2.45, 2.75) is 20.3 Å². The molecule has 2 nitrogen and oxygen atoms in total. The van der Waals surface area contributed by atoms with Crippen LogP contribution < -0.4 is 0 Å². The summed E-state index contributed by atoms with van der Waals surface area (Å²) < 4.78 is 0. The molecule has 0 spiro atoms. The van der Waals surface area contributed by atoms with Gasteiger partial charge >= 0.3 is 0 Å². The zero-order valence-electron chi connectivity index (χ0n) is 11.2. The second kappa shape index (κ2) is 6.39. The van der Waals surface area contributed by atoms with Crippen LogP contribution in [0.4, 0.5) is 0 Å². The van der Waals surface area contributed by atoms with Gasteiger partial charge in [0.2, 0.25) is 0 Å². The minimum Gasteiger partial charge on any atom is -0.295 e. The largest absolute Gasteiger partial charge is 0.295 e. The summed E-state index contributed by atoms with van der Waals surface area (Å²) in [6.07, 6.45) is 1.20. The molecular formula is C15H21NOS. The van der Waals surface area contributed by atoms with Gasteiger partial charge in [-0.05, 0) is 38.1 Å². The van der Waals surface area contributed by atoms with E-state index in [0.717, 1.165) is 30.0 Å². The number of carbonyl (C=O) groups excluding carboxylic acids is 1. The van der Waals surface area contributed by atoms with Gasteiger partial charge in [0, 0.05) is 17.9 Å². The summed E-state index contributed by atoms with van der Waals surface area (Å²) in [7, 11) is 0. The van der Waals surface area contributed by atoms with Crippen molar-refractivity contribution < 1.29 is 4.79 Å². The van der Waals surface area contributed by atoms with E-state index < -0.39 is 0 Å². The highest BCUT2D eigenvalue weighted by Gasteiger charge is 2.15. The molecular weight excluding hydrogens is 242 g/mol. The third-order valence-electron chi connectivity index (χ3n) is 3.36. The van der Waals surface area contributed by atoms with Crippen molar-refractivity contribution in [2.24, 2.45) is 0 Å². The van der Waals surface area contributed by atoms with Gasteiger partial charge in [-0.25, -0.2) is 0 Å². The Bertz CT molecular complexity index is 423. The van der Waals surface area contributed by atoms with E-state index in [4.69, 9.17) is 0 Å². The topological polar surface area (TPSA) is 20.3 Å². The van der Waals surface area contributed by atoms with Crippen LogP contribution >= 0.6 is 11.8 Å². The molecule has 0 bridgehead atoms. The predicted octanol–water partition coefficient (Wildman–Crippen LogP) is 2.93. The summed E-state index contributed by atoms with van der Waals surface area (Å²) in [5.41, 5.74) is 3.21. The highest BCUT2D eigenvalue weighted by molar-refractivity contribution is 7.99. The summed E-state index contributed by atoms with van der Waals surface area (Å²) in [5, 5.41) is 0. The molecule has 18 heavy (non-hydrogen) atoms. The van der Waals surface area contributed by atoms with E-state index in [9.17, 15) is 4.79 Å². The average Bonchev–Trinajstić information content (AvgIpc) is 2.57. The van der Waals surface area contributed by atoms with E-state index >= 15 is 0 Å². The number of thioether (sulfide) groups is 1. The van der Waals surface area contributed by atoms with E-state index in [0.29, 0.717) is 6.54 Å². The summed E-state index contributed by atoms with van der Waals surface area (Å²) in [6.45, 7) is 6.77. The summed E-state index contributed by atoms with van der Waals surface area (Å²) >= 11 is 1.99. The molecule has 0 aromatic heterocycles. The molecule has 98 valence electrons. The smallest absolute Gasteiger partial charge is 0.177 e. The highest BCUT2D eigenvalue weighted by Crippen LogP contribution is 2.14. The lowest BCUT2D eigenvalue weighted by molar-refractivity contribution is 0.0935. The van der Waals surface area contributed by atoms with Gasteiger partial charge < -0.3 is 0 Å². The first-order chi connectivity index (χ1) is 8.66. The summed E-state index contributed by atoms with van der Waals surface area (Å²) in [4.78, 5) is 14.6. The number of hydrogen-bond donors (Lipinski definition) is 0. The third kappa shape index (κ3) is 3.59. The SMILES string of the molecule is Cc1ccc(C(=O)CN2CCCSCC2)c(C)c1. The van der Waals surface area contributed by atoms with Gasteiger partial charge in [-0.3, -0.25) is 9.69 Å². The zero-order valence-corrected chi connectivity index (χ0v) is 12.1. The van der Waals surface area contributed by atoms with Crippen LogP contribution in [-0.2, 0) is 0 Å². The molecule has 0 N–H and O–H groups in total. The van der Waals surface area contributed by atoms with E-state index in [1.807, 2.05) is 30.8 Å². The minimum atomic E-state index is 0.263. The first kappa shape index (κ1) is 13.6. The van der Waals surface area contributed by atoms with Gasteiger partial charge in [0.1, 0.15) is 0 Å². The Balaban J connectivity index is 2.02. The van der Waals surface area contributed by atoms with Crippen molar-refractivity contribution >= 4 is 17.5 Å². The van der Waals surface area contributed by atoms with Gasteiger partial charge in [-0.1, -0.05) is 23.8 Å². The van der Waals surface area contributed by atoms with Crippen molar-refractivity contribution in [3.8, 4) is 0 Å². The predicted molar refractivity (Wildman–Crippen MR) is 78.6 cm³/mol. The molecule has 0 amide bonds. The van der Waals surface area contributed by atoms with Gasteiger partial charge in [-0.15, -0.1) is 0 Å². The fourth-order valence-corrected chi connectivity index (χ4v) is 3.30. The lowest BCUT2D eigenvalue weighted by Crippen LogP contribution is -2.32. The van der Waals surface area contributed by atoms with Crippen molar-refractivity contribution in [1.29, 1.82) is 0 Å². The lowest BCUT2D eigenvalue weighted by Gasteiger charge is -2.18. The maximum absolute atomic E-state index is 12.3. The van der Waals surface area contributed by atoms with Crippen LogP contribution in [0.25, 0.3) is 0 Å². The Labute approximate surface area is 114 Å². The monoisotopic (exact) mass is 263 g/mol. The second-order valence-electron chi connectivity index (χ2n) is 4.98. The van der Waals surface area contributed by atoms with Crippen LogP contribution in [0.1, 0.15) is 27.9 Å². The Hall–Kier alpha value is -0.800. The van der Waals surface area contributed by atoms with Crippen molar-refractivity contribution in [1.82, 2.24) is 4.90 Å². The normalized spacial score (nSPS) is 17.4. The number of Topliss-reactive ketones (excluding diaryl/α,β-unsaturated/α-hetero) is 1. The molecule has 0 aliphatic carbocycles. The van der Waals surface area contributed by atoms with Gasteiger partial charge in [-0.2, -0.15) is 11.8 Å². The van der Waals surface area contributed by atoms with E-state index in [2.05, 4.69) is 17.9 Å². The number of carbonyl (C=O) groups is 1. The number of rotatable bonds is 3. The third-order valence-corrected chi connectivity index (χ3v) is 4.41. The molecule has 1 aliphatic heterocycles. The quantitative estimate of drug-likeness (QED) is 0.782. The molecule has 1 aromatic rings. The van der Waals surface area contributed by atoms with Crippen LogP contribution in [0.15, 0.2) is 18.2 Å². The Morgan fingerprint density at radius 3 is 2.89 bits per heavy atom. The zero-order chi connectivity index (χ0) is 13.0. The first-order valence-corrected chi connectivity index (χ1v) is 7.73. The van der Waals surface area contributed by atoms with Gasteiger partial charge in [0.05, 0.1) is 6.54 Å². The van der Waals surface area contributed by atoms with Crippen LogP contribution in [-0.4, -0.2) is 41.8 Å². The molecule has 2 rings (SSSR count). The van der Waals surface area contributed by atoms with E-state index in [1.165, 1.54) is 17.7 Å². The molecule has 1 aromatic carbocycles. The number of ketones is 1. The Morgan fingerprint density at radius 1 is 1.28 bits per heavy atom. The van der Waals surface area contributed by atoms with E-state index in [-0.39, 0.29) is 5.78 Å². The number of aryl methyl sites for hydroxylation is 2. The summed E-state index contributed by atoms with van der Waals surface area (Å²) in [6, 6.07) is 6.09. The molecule has 3 heteroatoms. The second-order valence-corrected chi connectivity index (χ2v) is 6.21. The van der Waals surface area contributed by atoms with Gasteiger partial charge in [0.15, 0.2) is 5.78 Å². The first-order valence-electron chi connectivity index (χ1n) is 6.57. The molecule has 0 saturated carbocycles. The highest BCUT2D eigenvalue weighted by atomic mass is 32.2. The number of benzene rings is 1. The van der Waals surface area contributed by atoms with E-state index in [1.54, 1.807) is 0 Å². The van der Waals surface area contributed by atoms with Crippen molar-refractivity contribution in [3.63, 3.8) is 0 Å². The fourth-order valence-electron chi connectivity index (χ4n) is 2.37. The lowest BCUT2D eigenvalue weighted by atomic mass is 10.0. The van der Waals surface area contributed by atoms with Crippen LogP contribution in [0.5, 0.6) is 0 Å². The van der Waals surface area contributed by atoms with Crippen molar-refractivity contribution in [3.05, 3.63) is 34.9 Å². The van der Waals surface area contributed by atoms with Crippen LogP contribution in [0.2, 0.25) is 0 Å². The number of hydrogen-bond acceptors (Lipinski definition) is 3. The van der Waals surface area contributed by atoms with Gasteiger partial charge in [0.25, 0.3) is 0 Å². The number of nitrogens with zero attached hydrogens (tertiary/aromatic N) is 1. The standard InChI is InChI=1S/C15H21NOS/c1-12-4-5-14(13(2)10-12)15(17)11-16-6-3-8-18-9-7-16/h4-5,10H,3,6-9,11H2,1-2H3. The average molecular weight is 263 g/mol. The molecule has 1 saturated heterocycles. The maximum Gasteiger partial charge on any atom is 0.177 e. The molecule has 1 heterocycles. The fraction of sp³-hybridized carbons (Fsp3) is 0.533. The summed E-state index contributed by atoms with van der Waals surface area (Å²) in [5.74, 6) is 2.65. The molecule has 0 radical (unpaired) electrons. The molecule has 0 atom stereocenters.